The molecule has 0 bridgehead atoms. The van der Waals surface area contributed by atoms with E-state index < -0.39 is 0 Å². The first-order valence-corrected chi connectivity index (χ1v) is 3.85. The summed E-state index contributed by atoms with van der Waals surface area (Å²) < 4.78 is 4.99. The number of hydrogen-bond donors (Lipinski definition) is 2. The van der Waals surface area contributed by atoms with Crippen molar-refractivity contribution in [2.24, 2.45) is 5.84 Å². The van der Waals surface area contributed by atoms with Gasteiger partial charge in [-0.2, -0.15) is 0 Å². The third kappa shape index (κ3) is 5.78. The van der Waals surface area contributed by atoms with Gasteiger partial charge in [0.1, 0.15) is 0 Å². The van der Waals surface area contributed by atoms with Gasteiger partial charge in [0, 0.05) is 0 Å². The van der Waals surface area contributed by atoms with Gasteiger partial charge in [-0.25, -0.2) is 5.84 Å². The average molecular weight is 162 g/mol. The molecular weight excluding hydrogens is 148 g/mol. The first-order valence-electron chi connectivity index (χ1n) is 3.44. The van der Waals surface area contributed by atoms with Crippen LogP contribution in [0.4, 0.5) is 0 Å². The molecule has 0 aliphatic rings. The van der Waals surface area contributed by atoms with E-state index in [1.54, 1.807) is 0 Å². The molecule has 0 saturated carbocycles. The fraction of sp³-hybridized carbons (Fsp3) is 0.833. The summed E-state index contributed by atoms with van der Waals surface area (Å²) in [4.78, 5) is 0. The summed E-state index contributed by atoms with van der Waals surface area (Å²) in [5.74, 6) is 4.97. The van der Waals surface area contributed by atoms with Crippen molar-refractivity contribution < 1.29 is 4.74 Å². The monoisotopic (exact) mass is 162 g/mol. The zero-order valence-electron chi connectivity index (χ0n) is 6.22. The van der Waals surface area contributed by atoms with Crippen LogP contribution in [0.5, 0.6) is 0 Å². The smallest absolute Gasteiger partial charge is 0.271 e. The van der Waals surface area contributed by atoms with Crippen molar-refractivity contribution in [2.75, 3.05) is 6.61 Å². The lowest BCUT2D eigenvalue weighted by Crippen LogP contribution is -2.30. The molecule has 0 fully saturated rings. The van der Waals surface area contributed by atoms with Crippen LogP contribution in [-0.4, -0.2) is 11.8 Å². The van der Waals surface area contributed by atoms with Crippen molar-refractivity contribution in [1.82, 2.24) is 5.43 Å². The molecule has 0 aromatic rings. The second kappa shape index (κ2) is 6.77. The fourth-order valence-electron chi connectivity index (χ4n) is 0.559. The topological polar surface area (TPSA) is 47.3 Å². The summed E-state index contributed by atoms with van der Waals surface area (Å²) in [7, 11) is 0. The van der Waals surface area contributed by atoms with E-state index in [-0.39, 0.29) is 5.17 Å². The van der Waals surface area contributed by atoms with Crippen LogP contribution in [0.15, 0.2) is 0 Å². The largest absolute Gasteiger partial charge is 0.470 e. The standard InChI is InChI=1S/C6H14N2OS/c1-2-3-4-5-9-6(10)8-7/h2-5,7H2,1H3,(H,8,10). The third-order valence-electron chi connectivity index (χ3n) is 1.10. The van der Waals surface area contributed by atoms with E-state index in [1.165, 1.54) is 12.8 Å². The Morgan fingerprint density at radius 2 is 2.30 bits per heavy atom. The molecule has 0 radical (unpaired) electrons. The van der Waals surface area contributed by atoms with Gasteiger partial charge < -0.3 is 4.74 Å². The maximum absolute atomic E-state index is 4.99. The third-order valence-corrected chi connectivity index (χ3v) is 1.33. The van der Waals surface area contributed by atoms with Gasteiger partial charge >= 0.3 is 0 Å². The van der Waals surface area contributed by atoms with Crippen LogP contribution in [0.2, 0.25) is 0 Å². The van der Waals surface area contributed by atoms with Crippen molar-refractivity contribution in [2.45, 2.75) is 26.2 Å². The summed E-state index contributed by atoms with van der Waals surface area (Å²) in [6, 6.07) is 0. The van der Waals surface area contributed by atoms with E-state index >= 15 is 0 Å². The summed E-state index contributed by atoms with van der Waals surface area (Å²) >= 11 is 4.65. The van der Waals surface area contributed by atoms with Crippen LogP contribution < -0.4 is 11.3 Å². The molecule has 0 aliphatic heterocycles. The molecule has 0 saturated heterocycles. The Hall–Kier alpha value is -0.350. The maximum atomic E-state index is 4.99. The molecular formula is C6H14N2OS. The summed E-state index contributed by atoms with van der Waals surface area (Å²) in [5, 5.41) is 0.274. The van der Waals surface area contributed by atoms with Crippen LogP contribution >= 0.6 is 12.2 Å². The highest BCUT2D eigenvalue weighted by molar-refractivity contribution is 7.80. The highest BCUT2D eigenvalue weighted by Gasteiger charge is 1.90. The summed E-state index contributed by atoms with van der Waals surface area (Å²) in [6.07, 6.45) is 3.40. The SMILES string of the molecule is CCCCCOC(=S)NN. The highest BCUT2D eigenvalue weighted by Crippen LogP contribution is 1.93. The lowest BCUT2D eigenvalue weighted by Gasteiger charge is -2.04. The predicted octanol–water partition coefficient (Wildman–Crippen LogP) is 0.941. The minimum absolute atomic E-state index is 0.274. The van der Waals surface area contributed by atoms with Crippen molar-refractivity contribution >= 4 is 17.4 Å². The Morgan fingerprint density at radius 3 is 2.80 bits per heavy atom. The van der Waals surface area contributed by atoms with Crippen LogP contribution in [-0.2, 0) is 4.74 Å². The number of rotatable bonds is 4. The van der Waals surface area contributed by atoms with Gasteiger partial charge in [-0.05, 0) is 18.6 Å². The Bertz CT molecular complexity index is 97.7. The molecule has 0 rings (SSSR count). The lowest BCUT2D eigenvalue weighted by atomic mass is 10.3. The van der Waals surface area contributed by atoms with Crippen molar-refractivity contribution in [1.29, 1.82) is 0 Å². The Balaban J connectivity index is 2.96. The number of hydrazine groups is 1. The second-order valence-corrected chi connectivity index (χ2v) is 2.36. The quantitative estimate of drug-likeness (QED) is 0.279. The Labute approximate surface area is 66.9 Å². The number of thiocarbonyl (C=S) groups is 1. The van der Waals surface area contributed by atoms with Gasteiger partial charge in [-0.1, -0.05) is 19.8 Å². The van der Waals surface area contributed by atoms with Gasteiger partial charge in [0.15, 0.2) is 0 Å². The van der Waals surface area contributed by atoms with E-state index in [2.05, 4.69) is 24.6 Å². The second-order valence-electron chi connectivity index (χ2n) is 1.99. The predicted molar refractivity (Wildman–Crippen MR) is 45.4 cm³/mol. The molecule has 0 amide bonds. The molecule has 0 heterocycles. The van der Waals surface area contributed by atoms with E-state index in [9.17, 15) is 0 Å². The van der Waals surface area contributed by atoms with E-state index in [0.717, 1.165) is 6.42 Å². The van der Waals surface area contributed by atoms with E-state index in [0.29, 0.717) is 6.61 Å². The molecule has 3 N–H and O–H groups in total. The number of unbranched alkanes of at least 4 members (excludes halogenated alkanes) is 2. The van der Waals surface area contributed by atoms with Crippen molar-refractivity contribution in [3.8, 4) is 0 Å². The summed E-state index contributed by atoms with van der Waals surface area (Å²) in [5.41, 5.74) is 2.25. The van der Waals surface area contributed by atoms with Gasteiger partial charge in [0.2, 0.25) is 0 Å². The number of nitrogens with two attached hydrogens (primary N) is 1. The molecule has 10 heavy (non-hydrogen) atoms. The minimum Gasteiger partial charge on any atom is -0.470 e. The molecule has 0 aliphatic carbocycles. The van der Waals surface area contributed by atoms with Crippen molar-refractivity contribution in [3.63, 3.8) is 0 Å². The van der Waals surface area contributed by atoms with Gasteiger partial charge in [0.25, 0.3) is 5.17 Å². The van der Waals surface area contributed by atoms with E-state index in [4.69, 9.17) is 10.6 Å². The molecule has 0 atom stereocenters. The minimum atomic E-state index is 0.274. The number of hydrogen-bond acceptors (Lipinski definition) is 3. The van der Waals surface area contributed by atoms with Crippen LogP contribution in [0, 0.1) is 0 Å². The highest BCUT2D eigenvalue weighted by atomic mass is 32.1. The Kier molecular flexibility index (Phi) is 6.53. The molecule has 60 valence electrons. The Morgan fingerprint density at radius 1 is 1.60 bits per heavy atom. The van der Waals surface area contributed by atoms with Crippen LogP contribution in [0.25, 0.3) is 0 Å². The first-order chi connectivity index (χ1) is 4.81. The molecule has 3 nitrogen and oxygen atoms in total. The van der Waals surface area contributed by atoms with E-state index in [1.807, 2.05) is 0 Å². The van der Waals surface area contributed by atoms with Gasteiger partial charge in [-0.3, -0.25) is 5.43 Å². The molecule has 0 spiro atoms. The van der Waals surface area contributed by atoms with Crippen LogP contribution in [0.1, 0.15) is 26.2 Å². The van der Waals surface area contributed by atoms with Crippen LogP contribution in [0.3, 0.4) is 0 Å². The lowest BCUT2D eigenvalue weighted by molar-refractivity contribution is 0.288. The zero-order chi connectivity index (χ0) is 7.82. The molecule has 4 heteroatoms. The zero-order valence-corrected chi connectivity index (χ0v) is 7.04. The first kappa shape index (κ1) is 9.65. The molecule has 0 aromatic carbocycles. The maximum Gasteiger partial charge on any atom is 0.271 e. The number of ether oxygens (including phenoxy) is 1. The normalized spacial score (nSPS) is 9.00. The average Bonchev–Trinajstić information content (AvgIpc) is 1.98. The fourth-order valence-corrected chi connectivity index (χ4v) is 0.642. The van der Waals surface area contributed by atoms with Crippen molar-refractivity contribution in [3.05, 3.63) is 0 Å². The van der Waals surface area contributed by atoms with Gasteiger partial charge in [-0.15, -0.1) is 0 Å². The summed E-state index contributed by atoms with van der Waals surface area (Å²) in [6.45, 7) is 2.80. The van der Waals surface area contributed by atoms with Gasteiger partial charge in [0.05, 0.1) is 6.61 Å². The molecule has 0 unspecified atom stereocenters. The molecule has 0 aromatic heterocycles. The number of nitrogens with one attached hydrogen (secondary N) is 1.